The average molecular weight is 250 g/mol. The molecule has 1 amide bonds. The monoisotopic (exact) mass is 250 g/mol. The van der Waals surface area contributed by atoms with Crippen molar-refractivity contribution in [2.24, 2.45) is 5.73 Å². The largest absolute Gasteiger partial charge is 0.484 e. The lowest BCUT2D eigenvalue weighted by atomic mass is 10.1. The summed E-state index contributed by atoms with van der Waals surface area (Å²) in [5.74, 6) is 0.602. The molecule has 0 bridgehead atoms. The summed E-state index contributed by atoms with van der Waals surface area (Å²) in [6, 6.07) is 7.50. The standard InChI is InChI=1S/C14H22N2O2/c1-3-4-9-16-14(17)10-18-13-7-5-12(6-8-13)11(2)15/h5-8,11H,3-4,9-10,15H2,1-2H3,(H,16,17). The van der Waals surface area contributed by atoms with Crippen LogP contribution in [-0.2, 0) is 4.79 Å². The summed E-state index contributed by atoms with van der Waals surface area (Å²) in [6.45, 7) is 4.78. The van der Waals surface area contributed by atoms with Crippen LogP contribution >= 0.6 is 0 Å². The summed E-state index contributed by atoms with van der Waals surface area (Å²) < 4.78 is 5.38. The molecule has 0 aliphatic heterocycles. The van der Waals surface area contributed by atoms with E-state index < -0.39 is 0 Å². The Bertz CT molecular complexity index is 361. The molecule has 1 atom stereocenters. The minimum Gasteiger partial charge on any atom is -0.484 e. The third-order valence-corrected chi connectivity index (χ3v) is 2.63. The molecule has 100 valence electrons. The molecule has 1 rings (SSSR count). The van der Waals surface area contributed by atoms with E-state index in [9.17, 15) is 4.79 Å². The van der Waals surface area contributed by atoms with Crippen molar-refractivity contribution < 1.29 is 9.53 Å². The molecule has 0 saturated heterocycles. The third-order valence-electron chi connectivity index (χ3n) is 2.63. The fourth-order valence-corrected chi connectivity index (χ4v) is 1.47. The fourth-order valence-electron chi connectivity index (χ4n) is 1.47. The van der Waals surface area contributed by atoms with Gasteiger partial charge in [0.2, 0.25) is 0 Å². The predicted molar refractivity (Wildman–Crippen MR) is 72.5 cm³/mol. The first-order valence-corrected chi connectivity index (χ1v) is 6.38. The molecule has 4 heteroatoms. The summed E-state index contributed by atoms with van der Waals surface area (Å²) in [4.78, 5) is 11.4. The summed E-state index contributed by atoms with van der Waals surface area (Å²) in [5.41, 5.74) is 6.80. The zero-order valence-electron chi connectivity index (χ0n) is 11.1. The molecule has 1 unspecified atom stereocenters. The number of amides is 1. The second-order valence-electron chi connectivity index (χ2n) is 4.35. The number of ether oxygens (including phenoxy) is 1. The van der Waals surface area contributed by atoms with Crippen molar-refractivity contribution in [3.8, 4) is 5.75 Å². The smallest absolute Gasteiger partial charge is 0.257 e. The van der Waals surface area contributed by atoms with Crippen LogP contribution in [0.2, 0.25) is 0 Å². The van der Waals surface area contributed by atoms with Crippen molar-refractivity contribution in [2.45, 2.75) is 32.7 Å². The highest BCUT2D eigenvalue weighted by molar-refractivity contribution is 5.77. The molecule has 0 aromatic heterocycles. The number of rotatable bonds is 7. The molecular formula is C14H22N2O2. The highest BCUT2D eigenvalue weighted by atomic mass is 16.5. The molecule has 1 aromatic rings. The zero-order chi connectivity index (χ0) is 13.4. The minimum absolute atomic E-state index is 0.0105. The van der Waals surface area contributed by atoms with Gasteiger partial charge in [-0.3, -0.25) is 4.79 Å². The minimum atomic E-state index is -0.0836. The first-order chi connectivity index (χ1) is 8.63. The van der Waals surface area contributed by atoms with Crippen molar-refractivity contribution in [2.75, 3.05) is 13.2 Å². The van der Waals surface area contributed by atoms with Crippen LogP contribution in [0.1, 0.15) is 38.3 Å². The van der Waals surface area contributed by atoms with Gasteiger partial charge in [-0.1, -0.05) is 25.5 Å². The van der Waals surface area contributed by atoms with E-state index in [-0.39, 0.29) is 18.6 Å². The molecule has 0 aliphatic carbocycles. The van der Waals surface area contributed by atoms with Crippen LogP contribution in [0.3, 0.4) is 0 Å². The Hall–Kier alpha value is -1.55. The first-order valence-electron chi connectivity index (χ1n) is 6.38. The number of carbonyl (C=O) groups is 1. The van der Waals surface area contributed by atoms with Crippen molar-refractivity contribution in [3.63, 3.8) is 0 Å². The van der Waals surface area contributed by atoms with E-state index in [0.29, 0.717) is 12.3 Å². The fraction of sp³-hybridized carbons (Fsp3) is 0.500. The molecule has 0 fully saturated rings. The number of hydrogen-bond acceptors (Lipinski definition) is 3. The number of unbranched alkanes of at least 4 members (excludes halogenated alkanes) is 1. The Morgan fingerprint density at radius 2 is 2.06 bits per heavy atom. The highest BCUT2D eigenvalue weighted by Gasteiger charge is 2.03. The molecule has 18 heavy (non-hydrogen) atoms. The maximum atomic E-state index is 11.4. The summed E-state index contributed by atoms with van der Waals surface area (Å²) in [6.07, 6.45) is 2.06. The second kappa shape index (κ2) is 7.71. The van der Waals surface area contributed by atoms with Gasteiger partial charge in [-0.25, -0.2) is 0 Å². The van der Waals surface area contributed by atoms with E-state index in [1.54, 1.807) is 0 Å². The van der Waals surface area contributed by atoms with Gasteiger partial charge in [-0.05, 0) is 31.0 Å². The molecule has 0 radical (unpaired) electrons. The quantitative estimate of drug-likeness (QED) is 0.727. The number of nitrogens with one attached hydrogen (secondary N) is 1. The van der Waals surface area contributed by atoms with Crippen molar-refractivity contribution in [3.05, 3.63) is 29.8 Å². The normalized spacial score (nSPS) is 11.9. The SMILES string of the molecule is CCCCNC(=O)COc1ccc(C(C)N)cc1. The lowest BCUT2D eigenvalue weighted by Gasteiger charge is -2.09. The van der Waals surface area contributed by atoms with E-state index >= 15 is 0 Å². The van der Waals surface area contributed by atoms with Gasteiger partial charge in [0, 0.05) is 12.6 Å². The van der Waals surface area contributed by atoms with Crippen LogP contribution in [0, 0.1) is 0 Å². The van der Waals surface area contributed by atoms with Gasteiger partial charge in [0.25, 0.3) is 5.91 Å². The van der Waals surface area contributed by atoms with Crippen LogP contribution in [-0.4, -0.2) is 19.1 Å². The van der Waals surface area contributed by atoms with Crippen molar-refractivity contribution >= 4 is 5.91 Å². The molecular weight excluding hydrogens is 228 g/mol. The average Bonchev–Trinajstić information content (AvgIpc) is 2.37. The topological polar surface area (TPSA) is 64.3 Å². The molecule has 0 saturated carbocycles. The maximum absolute atomic E-state index is 11.4. The molecule has 3 N–H and O–H groups in total. The van der Waals surface area contributed by atoms with E-state index in [1.807, 2.05) is 31.2 Å². The Kier molecular flexibility index (Phi) is 6.22. The zero-order valence-corrected chi connectivity index (χ0v) is 11.1. The van der Waals surface area contributed by atoms with Crippen molar-refractivity contribution in [1.82, 2.24) is 5.32 Å². The Morgan fingerprint density at radius 1 is 1.39 bits per heavy atom. The molecule has 0 spiro atoms. The maximum Gasteiger partial charge on any atom is 0.257 e. The third kappa shape index (κ3) is 5.19. The van der Waals surface area contributed by atoms with Crippen molar-refractivity contribution in [1.29, 1.82) is 0 Å². The second-order valence-corrected chi connectivity index (χ2v) is 4.35. The number of carbonyl (C=O) groups excluding carboxylic acids is 1. The summed E-state index contributed by atoms with van der Waals surface area (Å²) in [5, 5.41) is 2.80. The van der Waals surface area contributed by atoms with Crippen LogP contribution in [0.15, 0.2) is 24.3 Å². The molecule has 4 nitrogen and oxygen atoms in total. The van der Waals surface area contributed by atoms with Gasteiger partial charge in [0.15, 0.2) is 6.61 Å². The van der Waals surface area contributed by atoms with Crippen LogP contribution in [0.4, 0.5) is 0 Å². The number of hydrogen-bond donors (Lipinski definition) is 2. The van der Waals surface area contributed by atoms with Gasteiger partial charge in [0.05, 0.1) is 0 Å². The van der Waals surface area contributed by atoms with E-state index in [0.717, 1.165) is 18.4 Å². The van der Waals surface area contributed by atoms with Crippen LogP contribution < -0.4 is 15.8 Å². The van der Waals surface area contributed by atoms with E-state index in [2.05, 4.69) is 12.2 Å². The van der Waals surface area contributed by atoms with Gasteiger partial charge >= 0.3 is 0 Å². The van der Waals surface area contributed by atoms with Crippen LogP contribution in [0.5, 0.6) is 5.75 Å². The first kappa shape index (κ1) is 14.5. The predicted octanol–water partition coefficient (Wildman–Crippen LogP) is 2.00. The van der Waals surface area contributed by atoms with Gasteiger partial charge < -0.3 is 15.8 Å². The Labute approximate surface area is 109 Å². The lowest BCUT2D eigenvalue weighted by molar-refractivity contribution is -0.123. The van der Waals surface area contributed by atoms with Gasteiger partial charge in [-0.2, -0.15) is 0 Å². The lowest BCUT2D eigenvalue weighted by Crippen LogP contribution is -2.29. The summed E-state index contributed by atoms with van der Waals surface area (Å²) in [7, 11) is 0. The Balaban J connectivity index is 2.32. The van der Waals surface area contributed by atoms with Gasteiger partial charge in [0.1, 0.15) is 5.75 Å². The number of nitrogens with two attached hydrogens (primary N) is 1. The molecule has 0 heterocycles. The van der Waals surface area contributed by atoms with Crippen LogP contribution in [0.25, 0.3) is 0 Å². The number of benzene rings is 1. The Morgan fingerprint density at radius 3 is 2.61 bits per heavy atom. The molecule has 1 aromatic carbocycles. The van der Waals surface area contributed by atoms with E-state index in [4.69, 9.17) is 10.5 Å². The van der Waals surface area contributed by atoms with Gasteiger partial charge in [-0.15, -0.1) is 0 Å². The summed E-state index contributed by atoms with van der Waals surface area (Å²) >= 11 is 0. The van der Waals surface area contributed by atoms with E-state index in [1.165, 1.54) is 0 Å². The molecule has 0 aliphatic rings. The highest BCUT2D eigenvalue weighted by Crippen LogP contribution is 2.15.